The molecule has 0 bridgehead atoms. The first-order valence-corrected chi connectivity index (χ1v) is 6.11. The highest BCUT2D eigenvalue weighted by molar-refractivity contribution is 5.74. The number of methoxy groups -OCH3 is 1. The van der Waals surface area contributed by atoms with Gasteiger partial charge in [-0.3, -0.25) is 4.90 Å². The third-order valence-electron chi connectivity index (χ3n) is 2.54. The number of hydrogen-bond donors (Lipinski definition) is 0. The van der Waals surface area contributed by atoms with Gasteiger partial charge in [0, 0.05) is 20.8 Å². The zero-order valence-electron chi connectivity index (χ0n) is 12.2. The Morgan fingerprint density at radius 2 is 1.83 bits per heavy atom. The Hall–Kier alpha value is -1.10. The molecule has 0 aromatic carbocycles. The highest BCUT2D eigenvalue weighted by atomic mass is 16.6. The van der Waals surface area contributed by atoms with E-state index in [1.54, 1.807) is 14.2 Å². The summed E-state index contributed by atoms with van der Waals surface area (Å²) in [7, 11) is 3.25. The summed E-state index contributed by atoms with van der Waals surface area (Å²) >= 11 is 0. The second-order valence-electron chi connectivity index (χ2n) is 5.47. The van der Waals surface area contributed by atoms with E-state index in [9.17, 15) is 9.59 Å². The van der Waals surface area contributed by atoms with E-state index in [0.29, 0.717) is 6.54 Å². The third kappa shape index (κ3) is 5.49. The molecule has 2 atom stereocenters. The Morgan fingerprint density at radius 1 is 1.33 bits per heavy atom. The summed E-state index contributed by atoms with van der Waals surface area (Å²) in [4.78, 5) is 24.1. The van der Waals surface area contributed by atoms with E-state index in [4.69, 9.17) is 4.74 Å². The van der Waals surface area contributed by atoms with Crippen LogP contribution in [0.15, 0.2) is 0 Å². The normalized spacial score (nSPS) is 23.1. The van der Waals surface area contributed by atoms with Crippen LogP contribution in [0, 0.1) is 5.92 Å². The second kappa shape index (κ2) is 7.36. The average molecular weight is 259 g/mol. The minimum Gasteiger partial charge on any atom is -0.444 e. The number of aldehydes is 1. The lowest BCUT2D eigenvalue weighted by Gasteiger charge is -2.27. The van der Waals surface area contributed by atoms with Gasteiger partial charge < -0.3 is 14.3 Å². The molecule has 1 aliphatic heterocycles. The quantitative estimate of drug-likeness (QED) is 0.677. The third-order valence-corrected chi connectivity index (χ3v) is 2.54. The number of amides is 1. The molecule has 0 spiro atoms. The van der Waals surface area contributed by atoms with Crippen LogP contribution in [0.4, 0.5) is 4.79 Å². The molecule has 5 heteroatoms. The van der Waals surface area contributed by atoms with Gasteiger partial charge in [-0.25, -0.2) is 4.79 Å². The number of ether oxygens (including phenoxy) is 2. The molecule has 1 heterocycles. The first-order valence-electron chi connectivity index (χ1n) is 6.11. The number of hydrogen-bond acceptors (Lipinski definition) is 4. The van der Waals surface area contributed by atoms with Crippen molar-refractivity contribution in [3.05, 3.63) is 0 Å². The SMILES string of the molecule is CC1CCN(C(=O)OC(C)(C)C)C1C=O.COC. The molecule has 0 aliphatic carbocycles. The molecular formula is C13H25NO4. The fourth-order valence-corrected chi connectivity index (χ4v) is 1.71. The molecule has 18 heavy (non-hydrogen) atoms. The summed E-state index contributed by atoms with van der Waals surface area (Å²) in [5, 5.41) is 0. The van der Waals surface area contributed by atoms with Crippen molar-refractivity contribution >= 4 is 12.4 Å². The van der Waals surface area contributed by atoms with Gasteiger partial charge in [-0.2, -0.15) is 0 Å². The van der Waals surface area contributed by atoms with E-state index in [1.807, 2.05) is 27.7 Å². The van der Waals surface area contributed by atoms with Crippen LogP contribution in [0.3, 0.4) is 0 Å². The predicted octanol–water partition coefficient (Wildman–Crippen LogP) is 2.09. The molecule has 0 saturated carbocycles. The summed E-state index contributed by atoms with van der Waals surface area (Å²) in [6, 6.07) is -0.320. The van der Waals surface area contributed by atoms with E-state index < -0.39 is 5.60 Å². The lowest BCUT2D eigenvalue weighted by atomic mass is 10.1. The maximum absolute atomic E-state index is 11.7. The molecule has 1 rings (SSSR count). The molecular weight excluding hydrogens is 234 g/mol. The predicted molar refractivity (Wildman–Crippen MR) is 69.5 cm³/mol. The molecule has 1 fully saturated rings. The second-order valence-corrected chi connectivity index (χ2v) is 5.47. The van der Waals surface area contributed by atoms with Gasteiger partial charge in [0.1, 0.15) is 11.9 Å². The summed E-state index contributed by atoms with van der Waals surface area (Å²) in [5.74, 6) is 0.231. The van der Waals surface area contributed by atoms with Gasteiger partial charge in [-0.1, -0.05) is 6.92 Å². The standard InChI is InChI=1S/C11H19NO3.C2H6O/c1-8-5-6-12(9(8)7-13)10(14)15-11(2,3)4;1-3-2/h7-9H,5-6H2,1-4H3;1-2H3. The highest BCUT2D eigenvalue weighted by Gasteiger charge is 2.36. The number of rotatable bonds is 1. The highest BCUT2D eigenvalue weighted by Crippen LogP contribution is 2.24. The van der Waals surface area contributed by atoms with E-state index in [-0.39, 0.29) is 18.1 Å². The van der Waals surface area contributed by atoms with E-state index >= 15 is 0 Å². The van der Waals surface area contributed by atoms with Crippen LogP contribution in [0.25, 0.3) is 0 Å². The van der Waals surface area contributed by atoms with Crippen LogP contribution in [-0.2, 0) is 14.3 Å². The summed E-state index contributed by atoms with van der Waals surface area (Å²) < 4.78 is 9.48. The van der Waals surface area contributed by atoms with Gasteiger partial charge in [0.15, 0.2) is 0 Å². The van der Waals surface area contributed by atoms with Crippen molar-refractivity contribution < 1.29 is 19.1 Å². The van der Waals surface area contributed by atoms with Crippen LogP contribution in [-0.4, -0.2) is 49.7 Å². The first kappa shape index (κ1) is 16.9. The largest absolute Gasteiger partial charge is 0.444 e. The van der Waals surface area contributed by atoms with Crippen molar-refractivity contribution in [2.45, 2.75) is 45.8 Å². The molecule has 0 aromatic rings. The topological polar surface area (TPSA) is 55.8 Å². The summed E-state index contributed by atoms with van der Waals surface area (Å²) in [6.45, 7) is 8.05. The molecule has 1 amide bonds. The van der Waals surface area contributed by atoms with Crippen molar-refractivity contribution in [3.8, 4) is 0 Å². The number of nitrogens with zero attached hydrogens (tertiary/aromatic N) is 1. The monoisotopic (exact) mass is 259 g/mol. The maximum atomic E-state index is 11.7. The minimum atomic E-state index is -0.504. The number of carbonyl (C=O) groups excluding carboxylic acids is 2. The Morgan fingerprint density at radius 3 is 2.22 bits per heavy atom. The Balaban J connectivity index is 0.000000873. The first-order chi connectivity index (χ1) is 8.26. The number of carbonyl (C=O) groups is 2. The lowest BCUT2D eigenvalue weighted by molar-refractivity contribution is -0.112. The molecule has 0 aromatic heterocycles. The summed E-state index contributed by atoms with van der Waals surface area (Å²) in [6.07, 6.45) is 1.31. The van der Waals surface area contributed by atoms with Crippen molar-refractivity contribution in [1.29, 1.82) is 0 Å². The van der Waals surface area contributed by atoms with Gasteiger partial charge >= 0.3 is 6.09 Å². The fraction of sp³-hybridized carbons (Fsp3) is 0.846. The minimum absolute atomic E-state index is 0.231. The maximum Gasteiger partial charge on any atom is 0.410 e. The number of likely N-dealkylation sites (tertiary alicyclic amines) is 1. The molecule has 1 saturated heterocycles. The van der Waals surface area contributed by atoms with Gasteiger partial charge in [0.25, 0.3) is 0 Å². The van der Waals surface area contributed by atoms with Gasteiger partial charge in [-0.05, 0) is 33.1 Å². The van der Waals surface area contributed by atoms with Gasteiger partial charge in [-0.15, -0.1) is 0 Å². The van der Waals surface area contributed by atoms with E-state index in [1.165, 1.54) is 4.90 Å². The molecule has 2 unspecified atom stereocenters. The molecule has 1 aliphatic rings. The van der Waals surface area contributed by atoms with Crippen LogP contribution >= 0.6 is 0 Å². The van der Waals surface area contributed by atoms with Crippen molar-refractivity contribution in [2.75, 3.05) is 20.8 Å². The zero-order chi connectivity index (χ0) is 14.3. The lowest BCUT2D eigenvalue weighted by Crippen LogP contribution is -2.41. The van der Waals surface area contributed by atoms with Gasteiger partial charge in [0.2, 0.25) is 0 Å². The van der Waals surface area contributed by atoms with Crippen LogP contribution < -0.4 is 0 Å². The average Bonchev–Trinajstić information content (AvgIpc) is 2.58. The molecule has 5 nitrogen and oxygen atoms in total. The van der Waals surface area contributed by atoms with Gasteiger partial charge in [0.05, 0.1) is 6.04 Å². The van der Waals surface area contributed by atoms with Crippen molar-refractivity contribution in [2.24, 2.45) is 5.92 Å². The van der Waals surface area contributed by atoms with Crippen LogP contribution in [0.2, 0.25) is 0 Å². The summed E-state index contributed by atoms with van der Waals surface area (Å²) in [5.41, 5.74) is -0.504. The van der Waals surface area contributed by atoms with Crippen molar-refractivity contribution in [3.63, 3.8) is 0 Å². The zero-order valence-corrected chi connectivity index (χ0v) is 12.2. The van der Waals surface area contributed by atoms with E-state index in [2.05, 4.69) is 4.74 Å². The smallest absolute Gasteiger partial charge is 0.410 e. The Kier molecular flexibility index (Phi) is 6.91. The van der Waals surface area contributed by atoms with Crippen LogP contribution in [0.5, 0.6) is 0 Å². The molecule has 106 valence electrons. The van der Waals surface area contributed by atoms with Crippen molar-refractivity contribution in [1.82, 2.24) is 4.90 Å². The molecule has 0 radical (unpaired) electrons. The van der Waals surface area contributed by atoms with Crippen LogP contribution in [0.1, 0.15) is 34.1 Å². The molecule has 0 N–H and O–H groups in total. The Labute approximate surface area is 109 Å². The Bertz CT molecular complexity index is 273. The fourth-order valence-electron chi connectivity index (χ4n) is 1.71. The van der Waals surface area contributed by atoms with E-state index in [0.717, 1.165) is 12.7 Å².